The summed E-state index contributed by atoms with van der Waals surface area (Å²) in [5.41, 5.74) is 4.71. The van der Waals surface area contributed by atoms with Crippen molar-refractivity contribution < 1.29 is 4.52 Å². The van der Waals surface area contributed by atoms with E-state index in [9.17, 15) is 4.79 Å². The monoisotopic (exact) mass is 436 g/mol. The molecule has 3 aromatic heterocycles. The van der Waals surface area contributed by atoms with Gasteiger partial charge in [-0.15, -0.1) is 35.1 Å². The molecule has 0 amide bonds. The highest BCUT2D eigenvalue weighted by atomic mass is 35.5. The minimum atomic E-state index is -0.0816. The van der Waals surface area contributed by atoms with Crippen LogP contribution in [-0.2, 0) is 6.42 Å². The maximum Gasteiger partial charge on any atom is 0.284 e. The van der Waals surface area contributed by atoms with Crippen molar-refractivity contribution >= 4 is 40.7 Å². The molecular formula is C21H25ClN2O2S2. The third-order valence-corrected chi connectivity index (χ3v) is 7.25. The summed E-state index contributed by atoms with van der Waals surface area (Å²) >= 11 is 3.61. The van der Waals surface area contributed by atoms with Gasteiger partial charge in [0.2, 0.25) is 0 Å². The van der Waals surface area contributed by atoms with Gasteiger partial charge in [0.15, 0.2) is 0 Å². The fraction of sp³-hybridized carbons (Fsp3) is 0.381. The quantitative estimate of drug-likeness (QED) is 0.493. The molecule has 2 N–H and O–H groups in total. The molecule has 3 heterocycles. The van der Waals surface area contributed by atoms with Crippen molar-refractivity contribution in [3.8, 4) is 0 Å². The van der Waals surface area contributed by atoms with Crippen LogP contribution in [0, 0.1) is 13.8 Å². The number of aromatic amines is 1. The fourth-order valence-electron chi connectivity index (χ4n) is 3.76. The smallest absolute Gasteiger partial charge is 0.284 e. The molecule has 0 spiro atoms. The van der Waals surface area contributed by atoms with E-state index in [1.54, 1.807) is 22.7 Å². The molecule has 0 saturated heterocycles. The second-order valence-corrected chi connectivity index (χ2v) is 8.87. The summed E-state index contributed by atoms with van der Waals surface area (Å²) in [6.07, 6.45) is 6.15. The molecule has 1 unspecified atom stereocenters. The summed E-state index contributed by atoms with van der Waals surface area (Å²) < 4.78 is 5.30. The highest BCUT2D eigenvalue weighted by molar-refractivity contribution is 7.14. The standard InChI is InChI=1S/C21H24N2O2S2.ClH/c1-13-8-11-26-19(13)15(20-14(2)9-12-27-20)5-4-10-22-16-6-3-7-17-18(16)21(24)23-25-17;/h5,8-9,11-12,16,22H,3-4,6-7,10H2,1-2H3,(H,23,24);1H. The van der Waals surface area contributed by atoms with E-state index >= 15 is 0 Å². The highest BCUT2D eigenvalue weighted by Crippen LogP contribution is 2.35. The summed E-state index contributed by atoms with van der Waals surface area (Å²) in [5.74, 6) is 0.823. The predicted molar refractivity (Wildman–Crippen MR) is 120 cm³/mol. The van der Waals surface area contributed by atoms with Crippen LogP contribution in [0.3, 0.4) is 0 Å². The Kier molecular flexibility index (Phi) is 6.99. The van der Waals surface area contributed by atoms with Gasteiger partial charge in [-0.05, 0) is 73.7 Å². The summed E-state index contributed by atoms with van der Waals surface area (Å²) in [6, 6.07) is 4.47. The van der Waals surface area contributed by atoms with Crippen LogP contribution in [0.4, 0.5) is 0 Å². The number of aryl methyl sites for hydroxylation is 3. The first-order valence-corrected chi connectivity index (χ1v) is 11.1. The zero-order valence-electron chi connectivity index (χ0n) is 16.0. The lowest BCUT2D eigenvalue weighted by atomic mass is 9.93. The van der Waals surface area contributed by atoms with Crippen molar-refractivity contribution in [2.75, 3.05) is 6.54 Å². The Morgan fingerprint density at radius 1 is 1.25 bits per heavy atom. The normalized spacial score (nSPS) is 15.7. The largest absolute Gasteiger partial charge is 0.383 e. The molecule has 0 radical (unpaired) electrons. The molecule has 0 bridgehead atoms. The SMILES string of the molecule is Cc1ccsc1C(=CCCNC1CCCc2o[nH]c(=O)c21)c1sccc1C.Cl. The highest BCUT2D eigenvalue weighted by Gasteiger charge is 2.26. The first kappa shape index (κ1) is 21.1. The molecule has 0 saturated carbocycles. The van der Waals surface area contributed by atoms with Gasteiger partial charge in [-0.1, -0.05) is 6.08 Å². The maximum atomic E-state index is 12.0. The summed E-state index contributed by atoms with van der Waals surface area (Å²) in [5, 5.41) is 10.4. The van der Waals surface area contributed by atoms with Crippen LogP contribution in [0.2, 0.25) is 0 Å². The molecular weight excluding hydrogens is 412 g/mol. The minimum absolute atomic E-state index is 0. The number of halogens is 1. The van der Waals surface area contributed by atoms with Crippen molar-refractivity contribution in [3.63, 3.8) is 0 Å². The molecule has 4 nitrogen and oxygen atoms in total. The van der Waals surface area contributed by atoms with Crippen LogP contribution in [-0.4, -0.2) is 11.7 Å². The number of aromatic nitrogens is 1. The van der Waals surface area contributed by atoms with E-state index in [0.29, 0.717) is 0 Å². The zero-order chi connectivity index (χ0) is 18.8. The van der Waals surface area contributed by atoms with Crippen molar-refractivity contribution in [2.24, 2.45) is 0 Å². The first-order valence-electron chi connectivity index (χ1n) is 9.38. The summed E-state index contributed by atoms with van der Waals surface area (Å²) in [4.78, 5) is 14.7. The van der Waals surface area contributed by atoms with Crippen LogP contribution in [0.15, 0.2) is 38.3 Å². The summed E-state index contributed by atoms with van der Waals surface area (Å²) in [6.45, 7) is 5.19. The molecule has 4 rings (SSSR count). The van der Waals surface area contributed by atoms with Gasteiger partial charge in [-0.2, -0.15) is 5.16 Å². The topological polar surface area (TPSA) is 58.0 Å². The number of hydrogen-bond donors (Lipinski definition) is 2. The number of fused-ring (bicyclic) bond motifs is 1. The van der Waals surface area contributed by atoms with Gasteiger partial charge in [-0.25, -0.2) is 0 Å². The Hall–Kier alpha value is -1.60. The molecule has 1 aliphatic carbocycles. The average molecular weight is 437 g/mol. The van der Waals surface area contributed by atoms with E-state index in [1.807, 2.05) is 0 Å². The Balaban J connectivity index is 0.00000225. The third kappa shape index (κ3) is 4.20. The zero-order valence-corrected chi connectivity index (χ0v) is 18.5. The van der Waals surface area contributed by atoms with Crippen LogP contribution in [0.5, 0.6) is 0 Å². The van der Waals surface area contributed by atoms with Gasteiger partial charge < -0.3 is 9.84 Å². The van der Waals surface area contributed by atoms with Crippen LogP contribution in [0.25, 0.3) is 5.57 Å². The lowest BCUT2D eigenvalue weighted by Crippen LogP contribution is -2.29. The number of H-pyrrole nitrogens is 1. The molecule has 1 atom stereocenters. The third-order valence-electron chi connectivity index (χ3n) is 5.15. The number of rotatable bonds is 6. The van der Waals surface area contributed by atoms with Crippen LogP contribution in [0.1, 0.15) is 57.5 Å². The van der Waals surface area contributed by atoms with Gasteiger partial charge >= 0.3 is 0 Å². The predicted octanol–water partition coefficient (Wildman–Crippen LogP) is 5.62. The minimum Gasteiger partial charge on any atom is -0.383 e. The van der Waals surface area contributed by atoms with Gasteiger partial charge in [0.1, 0.15) is 5.76 Å². The van der Waals surface area contributed by atoms with Gasteiger partial charge in [0, 0.05) is 27.8 Å². The summed E-state index contributed by atoms with van der Waals surface area (Å²) in [7, 11) is 0. The molecule has 1 aliphatic rings. The van der Waals surface area contributed by atoms with Gasteiger partial charge in [-0.3, -0.25) is 4.79 Å². The number of hydrogen-bond acceptors (Lipinski definition) is 5. The lowest BCUT2D eigenvalue weighted by Gasteiger charge is -2.21. The van der Waals surface area contributed by atoms with Crippen molar-refractivity contribution in [1.29, 1.82) is 0 Å². The number of thiophene rings is 2. The molecule has 0 fully saturated rings. The van der Waals surface area contributed by atoms with Crippen LogP contribution < -0.4 is 10.9 Å². The second kappa shape index (κ2) is 9.27. The van der Waals surface area contributed by atoms with Gasteiger partial charge in [0.05, 0.1) is 5.56 Å². The van der Waals surface area contributed by atoms with E-state index in [2.05, 4.69) is 53.3 Å². The fourth-order valence-corrected chi connectivity index (χ4v) is 5.77. The average Bonchev–Trinajstić information content (AvgIpc) is 3.37. The second-order valence-electron chi connectivity index (χ2n) is 7.04. The van der Waals surface area contributed by atoms with Crippen molar-refractivity contribution in [1.82, 2.24) is 10.5 Å². The first-order chi connectivity index (χ1) is 13.1. The van der Waals surface area contributed by atoms with E-state index in [-0.39, 0.29) is 24.0 Å². The molecule has 150 valence electrons. The Morgan fingerprint density at radius 3 is 2.54 bits per heavy atom. The van der Waals surface area contributed by atoms with E-state index in [4.69, 9.17) is 4.52 Å². The van der Waals surface area contributed by atoms with Gasteiger partial charge in [0.25, 0.3) is 5.56 Å². The van der Waals surface area contributed by atoms with Crippen molar-refractivity contribution in [2.45, 2.75) is 45.6 Å². The molecule has 7 heteroatoms. The maximum absolute atomic E-state index is 12.0. The Morgan fingerprint density at radius 2 is 1.93 bits per heavy atom. The Labute approximate surface area is 179 Å². The molecule has 28 heavy (non-hydrogen) atoms. The van der Waals surface area contributed by atoms with Crippen molar-refractivity contribution in [3.05, 3.63) is 71.5 Å². The van der Waals surface area contributed by atoms with E-state index in [0.717, 1.165) is 43.6 Å². The molecule has 3 aromatic rings. The van der Waals surface area contributed by atoms with E-state index in [1.165, 1.54) is 26.5 Å². The van der Waals surface area contributed by atoms with E-state index < -0.39 is 0 Å². The molecule has 0 aromatic carbocycles. The lowest BCUT2D eigenvalue weighted by molar-refractivity contribution is 0.354. The van der Waals surface area contributed by atoms with Crippen LogP contribution >= 0.6 is 35.1 Å². The number of nitrogens with one attached hydrogen (secondary N) is 2. The molecule has 0 aliphatic heterocycles. The Bertz CT molecular complexity index is 969.